The Morgan fingerprint density at radius 2 is 2.00 bits per heavy atom. The Morgan fingerprint density at radius 1 is 1.26 bits per heavy atom. The average molecular weight is 262 g/mol. The van der Waals surface area contributed by atoms with E-state index in [2.05, 4.69) is 33.7 Å². The molecule has 2 heterocycles. The fourth-order valence-corrected chi connectivity index (χ4v) is 2.58. The molecule has 1 atom stereocenters. The van der Waals surface area contributed by atoms with Crippen molar-refractivity contribution in [2.75, 3.05) is 33.2 Å². The molecular formula is C14H19FN4. The van der Waals surface area contributed by atoms with Gasteiger partial charge in [0.15, 0.2) is 0 Å². The van der Waals surface area contributed by atoms with Crippen LogP contribution in [0.2, 0.25) is 0 Å². The molecule has 1 saturated heterocycles. The Labute approximate surface area is 112 Å². The Kier molecular flexibility index (Phi) is 3.24. The topological polar surface area (TPSA) is 35.2 Å². The second-order valence-corrected chi connectivity index (χ2v) is 5.30. The Balaban J connectivity index is 1.83. The number of imidazole rings is 1. The molecule has 1 aromatic carbocycles. The van der Waals surface area contributed by atoms with Gasteiger partial charge in [0, 0.05) is 26.2 Å². The SMILES string of the molecule is CC(c1nc2ccc(F)cc2[nH]1)N1CCN(C)CC1. The highest BCUT2D eigenvalue weighted by Gasteiger charge is 2.22. The second-order valence-electron chi connectivity index (χ2n) is 5.30. The van der Waals surface area contributed by atoms with Gasteiger partial charge < -0.3 is 9.88 Å². The number of nitrogens with zero attached hydrogens (tertiary/aromatic N) is 3. The lowest BCUT2D eigenvalue weighted by molar-refractivity contribution is 0.116. The van der Waals surface area contributed by atoms with Gasteiger partial charge in [0.2, 0.25) is 0 Å². The van der Waals surface area contributed by atoms with Gasteiger partial charge in [0.05, 0.1) is 17.1 Å². The van der Waals surface area contributed by atoms with E-state index < -0.39 is 0 Å². The number of fused-ring (bicyclic) bond motifs is 1. The van der Waals surface area contributed by atoms with Crippen LogP contribution < -0.4 is 0 Å². The highest BCUT2D eigenvalue weighted by Crippen LogP contribution is 2.22. The molecule has 0 bridgehead atoms. The van der Waals surface area contributed by atoms with Crippen LogP contribution in [0.3, 0.4) is 0 Å². The van der Waals surface area contributed by atoms with Gasteiger partial charge in [-0.3, -0.25) is 4.90 Å². The molecular weight excluding hydrogens is 243 g/mol. The lowest BCUT2D eigenvalue weighted by Crippen LogP contribution is -2.45. The standard InChI is InChI=1S/C14H19FN4/c1-10(19-7-5-18(2)6-8-19)14-16-12-4-3-11(15)9-13(12)17-14/h3-4,9-10H,5-8H2,1-2H3,(H,16,17). The van der Waals surface area contributed by atoms with Crippen LogP contribution >= 0.6 is 0 Å². The first-order valence-electron chi connectivity index (χ1n) is 6.71. The molecule has 5 heteroatoms. The van der Waals surface area contributed by atoms with E-state index in [0.29, 0.717) is 0 Å². The van der Waals surface area contributed by atoms with Crippen LogP contribution in [0.4, 0.5) is 4.39 Å². The van der Waals surface area contributed by atoms with Crippen molar-refractivity contribution in [2.24, 2.45) is 0 Å². The molecule has 102 valence electrons. The van der Waals surface area contributed by atoms with E-state index in [1.54, 1.807) is 6.07 Å². The third-order valence-electron chi connectivity index (χ3n) is 3.94. The Bertz CT molecular complexity index is 572. The number of aromatic nitrogens is 2. The van der Waals surface area contributed by atoms with Gasteiger partial charge in [-0.25, -0.2) is 9.37 Å². The normalized spacial score (nSPS) is 19.9. The summed E-state index contributed by atoms with van der Waals surface area (Å²) in [6, 6.07) is 4.92. The molecule has 4 nitrogen and oxygen atoms in total. The zero-order chi connectivity index (χ0) is 13.4. The number of hydrogen-bond acceptors (Lipinski definition) is 3. The van der Waals surface area contributed by atoms with E-state index in [0.717, 1.165) is 43.0 Å². The highest BCUT2D eigenvalue weighted by atomic mass is 19.1. The van der Waals surface area contributed by atoms with E-state index in [9.17, 15) is 4.39 Å². The van der Waals surface area contributed by atoms with Crippen molar-refractivity contribution in [1.82, 2.24) is 19.8 Å². The minimum atomic E-state index is -0.227. The molecule has 1 aromatic heterocycles. The summed E-state index contributed by atoms with van der Waals surface area (Å²) in [4.78, 5) is 12.6. The molecule has 1 N–H and O–H groups in total. The minimum Gasteiger partial charge on any atom is -0.341 e. The smallest absolute Gasteiger partial charge is 0.125 e. The quantitative estimate of drug-likeness (QED) is 0.899. The predicted octanol–water partition coefficient (Wildman–Crippen LogP) is 2.01. The van der Waals surface area contributed by atoms with E-state index in [1.165, 1.54) is 12.1 Å². The molecule has 1 aliphatic rings. The molecule has 1 fully saturated rings. The summed E-state index contributed by atoms with van der Waals surface area (Å²) in [6.07, 6.45) is 0. The molecule has 0 amide bonds. The first-order valence-corrected chi connectivity index (χ1v) is 6.71. The maximum absolute atomic E-state index is 13.2. The number of rotatable bonds is 2. The molecule has 0 spiro atoms. The van der Waals surface area contributed by atoms with Crippen molar-refractivity contribution >= 4 is 11.0 Å². The summed E-state index contributed by atoms with van der Waals surface area (Å²) in [5.41, 5.74) is 1.60. The summed E-state index contributed by atoms with van der Waals surface area (Å²) in [5.74, 6) is 0.695. The third kappa shape index (κ3) is 2.48. The highest BCUT2D eigenvalue weighted by molar-refractivity contribution is 5.75. The predicted molar refractivity (Wildman–Crippen MR) is 73.5 cm³/mol. The maximum Gasteiger partial charge on any atom is 0.125 e. The fourth-order valence-electron chi connectivity index (χ4n) is 2.58. The van der Waals surface area contributed by atoms with Crippen LogP contribution in [-0.4, -0.2) is 53.0 Å². The Hall–Kier alpha value is -1.46. The molecule has 1 aliphatic heterocycles. The molecule has 19 heavy (non-hydrogen) atoms. The van der Waals surface area contributed by atoms with Crippen molar-refractivity contribution in [3.8, 4) is 0 Å². The number of hydrogen-bond donors (Lipinski definition) is 1. The number of piperazine rings is 1. The zero-order valence-electron chi connectivity index (χ0n) is 11.4. The van der Waals surface area contributed by atoms with Crippen LogP contribution in [0.15, 0.2) is 18.2 Å². The van der Waals surface area contributed by atoms with Gasteiger partial charge in [0.25, 0.3) is 0 Å². The first kappa shape index (κ1) is 12.6. The van der Waals surface area contributed by atoms with Gasteiger partial charge in [-0.15, -0.1) is 0 Å². The van der Waals surface area contributed by atoms with Gasteiger partial charge in [0.1, 0.15) is 11.6 Å². The third-order valence-corrected chi connectivity index (χ3v) is 3.94. The van der Waals surface area contributed by atoms with Gasteiger partial charge in [-0.1, -0.05) is 0 Å². The summed E-state index contributed by atoms with van der Waals surface area (Å²) >= 11 is 0. The van der Waals surface area contributed by atoms with E-state index in [1.807, 2.05) is 0 Å². The van der Waals surface area contributed by atoms with Crippen molar-refractivity contribution in [2.45, 2.75) is 13.0 Å². The minimum absolute atomic E-state index is 0.227. The van der Waals surface area contributed by atoms with Gasteiger partial charge >= 0.3 is 0 Å². The summed E-state index contributed by atoms with van der Waals surface area (Å²) in [6.45, 7) is 6.41. The number of H-pyrrole nitrogens is 1. The molecule has 2 aromatic rings. The average Bonchev–Trinajstić information content (AvgIpc) is 2.81. The van der Waals surface area contributed by atoms with Crippen LogP contribution in [0.1, 0.15) is 18.8 Å². The van der Waals surface area contributed by atoms with Crippen molar-refractivity contribution in [3.05, 3.63) is 29.8 Å². The maximum atomic E-state index is 13.2. The molecule has 1 unspecified atom stereocenters. The zero-order valence-corrected chi connectivity index (χ0v) is 11.4. The van der Waals surface area contributed by atoms with Gasteiger partial charge in [-0.05, 0) is 32.2 Å². The molecule has 0 saturated carbocycles. The Morgan fingerprint density at radius 3 is 2.74 bits per heavy atom. The van der Waals surface area contributed by atoms with Gasteiger partial charge in [-0.2, -0.15) is 0 Å². The van der Waals surface area contributed by atoms with Crippen molar-refractivity contribution < 1.29 is 4.39 Å². The van der Waals surface area contributed by atoms with Crippen LogP contribution in [-0.2, 0) is 0 Å². The van der Waals surface area contributed by atoms with E-state index in [4.69, 9.17) is 0 Å². The largest absolute Gasteiger partial charge is 0.341 e. The molecule has 0 aliphatic carbocycles. The van der Waals surface area contributed by atoms with Crippen molar-refractivity contribution in [1.29, 1.82) is 0 Å². The number of nitrogens with one attached hydrogen (secondary N) is 1. The number of halogens is 1. The summed E-state index contributed by atoms with van der Waals surface area (Å²) < 4.78 is 13.2. The van der Waals surface area contributed by atoms with Crippen LogP contribution in [0.5, 0.6) is 0 Å². The lowest BCUT2D eigenvalue weighted by atomic mass is 10.2. The molecule has 0 radical (unpaired) electrons. The van der Waals surface area contributed by atoms with Crippen LogP contribution in [0, 0.1) is 5.82 Å². The first-order chi connectivity index (χ1) is 9.13. The van der Waals surface area contributed by atoms with Crippen LogP contribution in [0.25, 0.3) is 11.0 Å². The van der Waals surface area contributed by atoms with Crippen molar-refractivity contribution in [3.63, 3.8) is 0 Å². The van der Waals surface area contributed by atoms with E-state index in [-0.39, 0.29) is 11.9 Å². The van der Waals surface area contributed by atoms with E-state index >= 15 is 0 Å². The lowest BCUT2D eigenvalue weighted by Gasteiger charge is -2.35. The number of aromatic amines is 1. The number of likely N-dealkylation sites (N-methyl/N-ethyl adjacent to an activating group) is 1. The fraction of sp³-hybridized carbons (Fsp3) is 0.500. The molecule has 3 rings (SSSR count). The monoisotopic (exact) mass is 262 g/mol. The second kappa shape index (κ2) is 4.90. The summed E-state index contributed by atoms with van der Waals surface area (Å²) in [5, 5.41) is 0. The summed E-state index contributed by atoms with van der Waals surface area (Å²) in [7, 11) is 2.14. The number of benzene rings is 1.